The first-order valence-electron chi connectivity index (χ1n) is 7.81. The lowest BCUT2D eigenvalue weighted by molar-refractivity contribution is -0.127. The molecule has 0 saturated carbocycles. The van der Waals surface area contributed by atoms with Gasteiger partial charge in [0.25, 0.3) is 0 Å². The molecular weight excluding hydrogens is 322 g/mol. The van der Waals surface area contributed by atoms with Crippen molar-refractivity contribution in [3.63, 3.8) is 0 Å². The van der Waals surface area contributed by atoms with E-state index in [0.717, 1.165) is 6.42 Å². The van der Waals surface area contributed by atoms with Crippen LogP contribution in [0, 0.1) is 0 Å². The van der Waals surface area contributed by atoms with Crippen molar-refractivity contribution < 1.29 is 26.6 Å². The van der Waals surface area contributed by atoms with Gasteiger partial charge >= 0.3 is 19.1 Å². The van der Waals surface area contributed by atoms with Crippen molar-refractivity contribution in [3.8, 4) is 0 Å². The zero-order valence-electron chi connectivity index (χ0n) is 14.7. The summed E-state index contributed by atoms with van der Waals surface area (Å²) in [6.07, 6.45) is 0.675. The molecule has 7 nitrogen and oxygen atoms in total. The summed E-state index contributed by atoms with van der Waals surface area (Å²) in [7, 11) is -2.71. The fourth-order valence-corrected chi connectivity index (χ4v) is 4.96. The van der Waals surface area contributed by atoms with Gasteiger partial charge in [-0.2, -0.15) is 0 Å². The molecule has 0 aliphatic rings. The van der Waals surface area contributed by atoms with E-state index in [1.807, 2.05) is 27.7 Å². The highest BCUT2D eigenvalue weighted by Crippen LogP contribution is 2.06. The summed E-state index contributed by atoms with van der Waals surface area (Å²) < 4.78 is 28.2. The van der Waals surface area contributed by atoms with Gasteiger partial charge in [0, 0.05) is 46.4 Å². The molecular formula is C13H31NO6Si2. The highest BCUT2D eigenvalue weighted by atomic mass is 28.4. The number of rotatable bonds is 13. The zero-order valence-corrected chi connectivity index (χ0v) is 17.0. The Morgan fingerprint density at radius 2 is 1.55 bits per heavy atom. The number of hydrogen-bond acceptors (Lipinski definition) is 6. The summed E-state index contributed by atoms with van der Waals surface area (Å²) in [6.45, 7) is 11.5. The van der Waals surface area contributed by atoms with Crippen LogP contribution in [0.4, 0.5) is 0 Å². The normalized spacial score (nSPS) is 14.1. The minimum absolute atomic E-state index is 0.0437. The number of carbonyl (C=O) groups is 1. The Morgan fingerprint density at radius 1 is 1.05 bits per heavy atom. The third kappa shape index (κ3) is 10.4. The van der Waals surface area contributed by atoms with E-state index in [-0.39, 0.29) is 12.0 Å². The van der Waals surface area contributed by atoms with E-state index in [9.17, 15) is 4.79 Å². The van der Waals surface area contributed by atoms with Crippen molar-refractivity contribution in [2.45, 2.75) is 47.1 Å². The lowest BCUT2D eigenvalue weighted by atomic mass is 10.3. The number of hydrogen-bond donors (Lipinski definition) is 0. The van der Waals surface area contributed by atoms with Gasteiger partial charge in [-0.3, -0.25) is 4.79 Å². The van der Waals surface area contributed by atoms with Crippen LogP contribution in [0.3, 0.4) is 0 Å². The van der Waals surface area contributed by atoms with Crippen LogP contribution in [0.1, 0.15) is 41.0 Å². The maximum absolute atomic E-state index is 11.2. The lowest BCUT2D eigenvalue weighted by Gasteiger charge is -2.25. The fourth-order valence-electron chi connectivity index (χ4n) is 1.53. The van der Waals surface area contributed by atoms with Crippen LogP contribution >= 0.6 is 0 Å². The molecule has 2 atom stereocenters. The highest BCUT2D eigenvalue weighted by Gasteiger charge is 2.26. The van der Waals surface area contributed by atoms with Gasteiger partial charge in [0.05, 0.1) is 0 Å². The molecule has 1 amide bonds. The number of nitrogens with zero attached hydrogens (tertiary/aromatic N) is 1. The first-order valence-corrected chi connectivity index (χ1v) is 10.6. The molecule has 0 aromatic carbocycles. The summed E-state index contributed by atoms with van der Waals surface area (Å²) in [6, 6.07) is 0. The third-order valence-electron chi connectivity index (χ3n) is 2.88. The molecule has 132 valence electrons. The van der Waals surface area contributed by atoms with E-state index in [0.29, 0.717) is 26.4 Å². The van der Waals surface area contributed by atoms with Gasteiger partial charge in [-0.05, 0) is 34.1 Å². The topological polar surface area (TPSA) is 66.5 Å². The molecule has 22 heavy (non-hydrogen) atoms. The second-order valence-electron chi connectivity index (χ2n) is 4.76. The zero-order chi connectivity index (χ0) is 17.0. The van der Waals surface area contributed by atoms with Crippen molar-refractivity contribution in [2.75, 3.05) is 33.4 Å². The molecule has 0 heterocycles. The lowest BCUT2D eigenvalue weighted by Crippen LogP contribution is -2.41. The maximum Gasteiger partial charge on any atom is 0.476 e. The molecule has 0 fully saturated rings. The summed E-state index contributed by atoms with van der Waals surface area (Å²) in [4.78, 5) is 12.8. The summed E-state index contributed by atoms with van der Waals surface area (Å²) in [5.41, 5.74) is 0. The minimum Gasteiger partial charge on any atom is -0.377 e. The van der Waals surface area contributed by atoms with Crippen molar-refractivity contribution in [1.29, 1.82) is 0 Å². The van der Waals surface area contributed by atoms with E-state index < -0.39 is 19.1 Å². The molecule has 0 spiro atoms. The predicted molar refractivity (Wildman–Crippen MR) is 88.7 cm³/mol. The third-order valence-corrected chi connectivity index (χ3v) is 7.16. The van der Waals surface area contributed by atoms with Crippen LogP contribution in [-0.2, 0) is 26.6 Å². The molecule has 0 aromatic rings. The standard InChI is InChI=1S/C13H31NO6Si2/c1-7-16-21(17-8-2)20-22(18-9-3)19-12(4)10-11-14(6)13(5)15/h12,21-22H,7-11H2,1-6H3. The average molecular weight is 354 g/mol. The van der Waals surface area contributed by atoms with Crippen molar-refractivity contribution in [3.05, 3.63) is 0 Å². The Kier molecular flexibility index (Phi) is 13.0. The Hall–Kier alpha value is -0.296. The van der Waals surface area contributed by atoms with E-state index in [1.54, 1.807) is 18.9 Å². The van der Waals surface area contributed by atoms with Crippen LogP contribution in [0.15, 0.2) is 0 Å². The van der Waals surface area contributed by atoms with Crippen LogP contribution in [-0.4, -0.2) is 69.4 Å². The SMILES string of the molecule is CCO[SiH](OCC)O[SiH](OCC)OC(C)CCN(C)C(C)=O. The van der Waals surface area contributed by atoms with Crippen LogP contribution in [0.5, 0.6) is 0 Å². The summed E-state index contributed by atoms with van der Waals surface area (Å²) in [5.74, 6) is 0.0437. The van der Waals surface area contributed by atoms with Gasteiger partial charge in [0.2, 0.25) is 5.91 Å². The average Bonchev–Trinajstić information content (AvgIpc) is 2.45. The number of carbonyl (C=O) groups excluding carboxylic acids is 1. The molecule has 0 radical (unpaired) electrons. The van der Waals surface area contributed by atoms with Gasteiger partial charge in [0.15, 0.2) is 0 Å². The molecule has 0 aliphatic carbocycles. The van der Waals surface area contributed by atoms with Crippen LogP contribution < -0.4 is 0 Å². The van der Waals surface area contributed by atoms with Crippen molar-refractivity contribution in [1.82, 2.24) is 4.90 Å². The maximum atomic E-state index is 11.2. The van der Waals surface area contributed by atoms with E-state index in [4.69, 9.17) is 21.8 Å². The highest BCUT2D eigenvalue weighted by molar-refractivity contribution is 6.51. The van der Waals surface area contributed by atoms with E-state index >= 15 is 0 Å². The first-order chi connectivity index (χ1) is 10.4. The van der Waals surface area contributed by atoms with Gasteiger partial charge in [-0.25, -0.2) is 0 Å². The Bertz CT molecular complexity index is 292. The predicted octanol–water partition coefficient (Wildman–Crippen LogP) is 0.820. The van der Waals surface area contributed by atoms with Gasteiger partial charge in [-0.15, -0.1) is 0 Å². The molecule has 0 saturated heterocycles. The molecule has 0 bridgehead atoms. The van der Waals surface area contributed by atoms with E-state index in [2.05, 4.69) is 0 Å². The van der Waals surface area contributed by atoms with Gasteiger partial charge in [-0.1, -0.05) is 0 Å². The van der Waals surface area contributed by atoms with Gasteiger partial charge in [0.1, 0.15) is 0 Å². The monoisotopic (exact) mass is 353 g/mol. The molecule has 0 rings (SSSR count). The van der Waals surface area contributed by atoms with Crippen molar-refractivity contribution in [2.24, 2.45) is 0 Å². The Balaban J connectivity index is 4.32. The van der Waals surface area contributed by atoms with Crippen LogP contribution in [0.2, 0.25) is 0 Å². The molecule has 0 aromatic heterocycles. The molecule has 0 aliphatic heterocycles. The minimum atomic E-state index is -2.29. The van der Waals surface area contributed by atoms with Gasteiger partial charge < -0.3 is 26.7 Å². The second kappa shape index (κ2) is 13.2. The molecule has 2 unspecified atom stereocenters. The fraction of sp³-hybridized carbons (Fsp3) is 0.923. The smallest absolute Gasteiger partial charge is 0.377 e. The second-order valence-corrected chi connectivity index (χ2v) is 8.27. The van der Waals surface area contributed by atoms with Crippen LogP contribution in [0.25, 0.3) is 0 Å². The molecule has 9 heteroatoms. The quantitative estimate of drug-likeness (QED) is 0.457. The Labute approximate surface area is 137 Å². The first kappa shape index (κ1) is 21.7. The molecule has 0 N–H and O–H groups in total. The summed E-state index contributed by atoms with van der Waals surface area (Å²) >= 11 is 0. The largest absolute Gasteiger partial charge is 0.476 e. The summed E-state index contributed by atoms with van der Waals surface area (Å²) in [5, 5.41) is 0. The van der Waals surface area contributed by atoms with Crippen molar-refractivity contribution >= 4 is 25.0 Å². The van der Waals surface area contributed by atoms with E-state index in [1.165, 1.54) is 0 Å². The number of amides is 1. The Morgan fingerprint density at radius 3 is 2.00 bits per heavy atom.